The van der Waals surface area contributed by atoms with Gasteiger partial charge in [-0.15, -0.1) is 0 Å². The second kappa shape index (κ2) is 3.52. The molecule has 1 aromatic carbocycles. The van der Waals surface area contributed by atoms with E-state index in [1.165, 1.54) is 0 Å². The van der Waals surface area contributed by atoms with Crippen molar-refractivity contribution in [3.8, 4) is 0 Å². The number of nitrogens with zero attached hydrogens (tertiary/aromatic N) is 1. The first-order chi connectivity index (χ1) is 6.02. The van der Waals surface area contributed by atoms with Crippen LogP contribution in [0.3, 0.4) is 0 Å². The smallest absolute Gasteiger partial charge is 0.0362 e. The lowest BCUT2D eigenvalue weighted by Crippen LogP contribution is -2.09. The highest BCUT2D eigenvalue weighted by atomic mass is 15.1. The van der Waals surface area contributed by atoms with Gasteiger partial charge >= 0.3 is 0 Å². The second-order valence-corrected chi connectivity index (χ2v) is 3.41. The molecule has 0 unspecified atom stereocenters. The van der Waals surface area contributed by atoms with Gasteiger partial charge in [-0.05, 0) is 24.1 Å². The molecule has 1 aromatic rings. The predicted octanol–water partition coefficient (Wildman–Crippen LogP) is 2.11. The number of hydrogen-bond donors (Lipinski definition) is 1. The first-order valence-corrected chi connectivity index (χ1v) is 4.25. The third-order valence-electron chi connectivity index (χ3n) is 2.15. The van der Waals surface area contributed by atoms with Crippen molar-refractivity contribution in [3.05, 3.63) is 35.9 Å². The largest absolute Gasteiger partial charge is 0.398 e. The van der Waals surface area contributed by atoms with E-state index in [0.29, 0.717) is 0 Å². The molecule has 2 N–H and O–H groups in total. The molecule has 0 aromatic heterocycles. The molecule has 2 nitrogen and oxygen atoms in total. The fourth-order valence-electron chi connectivity index (χ4n) is 1.08. The Labute approximate surface area is 79.7 Å². The molecule has 0 bridgehead atoms. The van der Waals surface area contributed by atoms with Crippen molar-refractivity contribution in [3.63, 3.8) is 0 Å². The molecule has 0 aliphatic heterocycles. The quantitative estimate of drug-likeness (QED) is 0.699. The Bertz CT molecular complexity index is 327. The lowest BCUT2D eigenvalue weighted by molar-refractivity contribution is 0.593. The Kier molecular flexibility index (Phi) is 2.61. The minimum atomic E-state index is 0.820. The van der Waals surface area contributed by atoms with Crippen molar-refractivity contribution in [2.45, 2.75) is 6.92 Å². The zero-order chi connectivity index (χ0) is 10.0. The molecule has 13 heavy (non-hydrogen) atoms. The summed E-state index contributed by atoms with van der Waals surface area (Å²) in [7, 11) is 3.94. The van der Waals surface area contributed by atoms with Crippen molar-refractivity contribution >= 4 is 11.4 Å². The van der Waals surface area contributed by atoms with Crippen molar-refractivity contribution in [1.29, 1.82) is 0 Å². The Morgan fingerprint density at radius 1 is 1.38 bits per heavy atom. The van der Waals surface area contributed by atoms with Crippen LogP contribution in [-0.2, 0) is 0 Å². The Hall–Kier alpha value is -1.44. The molecule has 0 spiro atoms. The van der Waals surface area contributed by atoms with E-state index in [1.54, 1.807) is 0 Å². The lowest BCUT2D eigenvalue weighted by Gasteiger charge is -2.16. The highest BCUT2D eigenvalue weighted by Gasteiger charge is 2.02. The molecular formula is C11H16N2. The number of nitrogens with two attached hydrogens (primary N) is 1. The van der Waals surface area contributed by atoms with Crippen LogP contribution in [0, 0.1) is 6.92 Å². The van der Waals surface area contributed by atoms with Gasteiger partial charge in [-0.25, -0.2) is 0 Å². The van der Waals surface area contributed by atoms with Crippen molar-refractivity contribution in [1.82, 2.24) is 4.90 Å². The van der Waals surface area contributed by atoms with Crippen LogP contribution in [0.4, 0.5) is 5.69 Å². The van der Waals surface area contributed by atoms with E-state index in [1.807, 2.05) is 44.1 Å². The zero-order valence-corrected chi connectivity index (χ0v) is 8.46. The van der Waals surface area contributed by atoms with E-state index in [4.69, 9.17) is 5.73 Å². The standard InChI is InChI=1S/C11H16N2/c1-8-5-6-10(7-11(8)12)9(2)13(3)4/h5-7H,2,12H2,1,3-4H3. The van der Waals surface area contributed by atoms with E-state index < -0.39 is 0 Å². The highest BCUT2D eigenvalue weighted by molar-refractivity contribution is 5.66. The van der Waals surface area contributed by atoms with Gasteiger partial charge in [-0.2, -0.15) is 0 Å². The summed E-state index contributed by atoms with van der Waals surface area (Å²) in [6.07, 6.45) is 0. The molecule has 0 atom stereocenters. The van der Waals surface area contributed by atoms with Crippen LogP contribution >= 0.6 is 0 Å². The van der Waals surface area contributed by atoms with Crippen LogP contribution < -0.4 is 5.73 Å². The maximum absolute atomic E-state index is 5.80. The summed E-state index contributed by atoms with van der Waals surface area (Å²) in [6, 6.07) is 6.01. The maximum Gasteiger partial charge on any atom is 0.0362 e. The molecule has 0 fully saturated rings. The molecule has 2 heteroatoms. The predicted molar refractivity (Wildman–Crippen MR) is 58.3 cm³/mol. The Morgan fingerprint density at radius 3 is 2.46 bits per heavy atom. The van der Waals surface area contributed by atoms with Crippen molar-refractivity contribution in [2.24, 2.45) is 0 Å². The average molecular weight is 176 g/mol. The summed E-state index contributed by atoms with van der Waals surface area (Å²) in [5.41, 5.74) is 9.78. The van der Waals surface area contributed by atoms with Gasteiger partial charge in [-0.3, -0.25) is 0 Å². The lowest BCUT2D eigenvalue weighted by atomic mass is 10.1. The van der Waals surface area contributed by atoms with Crippen LogP contribution in [0.1, 0.15) is 11.1 Å². The summed E-state index contributed by atoms with van der Waals surface area (Å²) in [5, 5.41) is 0. The SMILES string of the molecule is C=C(c1ccc(C)c(N)c1)N(C)C. The molecule has 70 valence electrons. The number of aryl methyl sites for hydroxylation is 1. The number of anilines is 1. The van der Waals surface area contributed by atoms with E-state index in [2.05, 4.69) is 6.58 Å². The zero-order valence-electron chi connectivity index (χ0n) is 8.46. The van der Waals surface area contributed by atoms with E-state index >= 15 is 0 Å². The Balaban J connectivity index is 3.04. The molecule has 0 heterocycles. The van der Waals surface area contributed by atoms with Crippen LogP contribution in [0.25, 0.3) is 5.70 Å². The summed E-state index contributed by atoms with van der Waals surface area (Å²) in [5.74, 6) is 0. The summed E-state index contributed by atoms with van der Waals surface area (Å²) >= 11 is 0. The van der Waals surface area contributed by atoms with Crippen LogP contribution in [0.15, 0.2) is 24.8 Å². The molecule has 0 aliphatic rings. The summed E-state index contributed by atoms with van der Waals surface area (Å²) < 4.78 is 0. The summed E-state index contributed by atoms with van der Waals surface area (Å²) in [6.45, 7) is 5.96. The summed E-state index contributed by atoms with van der Waals surface area (Å²) in [4.78, 5) is 1.98. The third kappa shape index (κ3) is 2.02. The number of rotatable bonds is 2. The normalized spacial score (nSPS) is 9.77. The number of hydrogen-bond acceptors (Lipinski definition) is 2. The van der Waals surface area contributed by atoms with Crippen molar-refractivity contribution < 1.29 is 0 Å². The fraction of sp³-hybridized carbons (Fsp3) is 0.273. The highest BCUT2D eigenvalue weighted by Crippen LogP contribution is 2.19. The molecule has 0 aliphatic carbocycles. The van der Waals surface area contributed by atoms with Gasteiger partial charge < -0.3 is 10.6 Å². The van der Waals surface area contributed by atoms with Gasteiger partial charge in [0.05, 0.1) is 0 Å². The molecule has 0 saturated heterocycles. The molecule has 1 rings (SSSR count). The molecular weight excluding hydrogens is 160 g/mol. The fourth-order valence-corrected chi connectivity index (χ4v) is 1.08. The van der Waals surface area contributed by atoms with Gasteiger partial charge in [-0.1, -0.05) is 18.7 Å². The minimum Gasteiger partial charge on any atom is -0.398 e. The average Bonchev–Trinajstić information content (AvgIpc) is 2.08. The second-order valence-electron chi connectivity index (χ2n) is 3.41. The van der Waals surface area contributed by atoms with Gasteiger partial charge in [0.2, 0.25) is 0 Å². The number of benzene rings is 1. The van der Waals surface area contributed by atoms with Gasteiger partial charge in [0, 0.05) is 25.5 Å². The molecule has 0 saturated carbocycles. The number of nitrogen functional groups attached to an aromatic ring is 1. The van der Waals surface area contributed by atoms with Crippen LogP contribution in [-0.4, -0.2) is 19.0 Å². The van der Waals surface area contributed by atoms with E-state index in [-0.39, 0.29) is 0 Å². The van der Waals surface area contributed by atoms with Gasteiger partial charge in [0.25, 0.3) is 0 Å². The van der Waals surface area contributed by atoms with E-state index in [9.17, 15) is 0 Å². The molecule has 0 radical (unpaired) electrons. The first-order valence-electron chi connectivity index (χ1n) is 4.25. The first kappa shape index (κ1) is 9.65. The third-order valence-corrected chi connectivity index (χ3v) is 2.15. The van der Waals surface area contributed by atoms with E-state index in [0.717, 1.165) is 22.5 Å². The Morgan fingerprint density at radius 2 is 2.00 bits per heavy atom. The monoisotopic (exact) mass is 176 g/mol. The molecule has 0 amide bonds. The van der Waals surface area contributed by atoms with Crippen LogP contribution in [0.2, 0.25) is 0 Å². The van der Waals surface area contributed by atoms with Gasteiger partial charge in [0.1, 0.15) is 0 Å². The minimum absolute atomic E-state index is 0.820. The van der Waals surface area contributed by atoms with Crippen LogP contribution in [0.5, 0.6) is 0 Å². The van der Waals surface area contributed by atoms with Crippen molar-refractivity contribution in [2.75, 3.05) is 19.8 Å². The maximum atomic E-state index is 5.80. The topological polar surface area (TPSA) is 29.3 Å². The van der Waals surface area contributed by atoms with Gasteiger partial charge in [0.15, 0.2) is 0 Å².